The molecule has 1 saturated heterocycles. The van der Waals surface area contributed by atoms with Crippen molar-refractivity contribution in [3.63, 3.8) is 0 Å². The number of thiophene rings is 1. The minimum Gasteiger partial charge on any atom is -0.316 e. The zero-order chi connectivity index (χ0) is 10.3. The van der Waals surface area contributed by atoms with Crippen LogP contribution < -0.4 is 10.6 Å². The van der Waals surface area contributed by atoms with E-state index >= 15 is 0 Å². The van der Waals surface area contributed by atoms with E-state index in [1.807, 2.05) is 11.3 Å². The number of rotatable bonds is 6. The molecule has 2 N–H and O–H groups in total. The van der Waals surface area contributed by atoms with Gasteiger partial charge in [0.05, 0.1) is 0 Å². The third-order valence-corrected chi connectivity index (χ3v) is 3.96. The van der Waals surface area contributed by atoms with Gasteiger partial charge in [-0.3, -0.25) is 0 Å². The number of hydrogen-bond donors (Lipinski definition) is 2. The summed E-state index contributed by atoms with van der Waals surface area (Å²) >= 11 is 1.86. The van der Waals surface area contributed by atoms with Crippen molar-refractivity contribution in [2.45, 2.75) is 19.3 Å². The third kappa shape index (κ3) is 3.93. The standard InChI is InChI=1S/C12H20N2S/c1-2-12(15-9-1)5-8-13-6-3-11-4-7-14-10-11/h1-2,9,11,13-14H,3-8,10H2. The van der Waals surface area contributed by atoms with Gasteiger partial charge in [-0.2, -0.15) is 0 Å². The first-order valence-corrected chi connectivity index (χ1v) is 6.77. The van der Waals surface area contributed by atoms with Crippen LogP contribution in [0.15, 0.2) is 17.5 Å². The molecule has 1 atom stereocenters. The largest absolute Gasteiger partial charge is 0.316 e. The van der Waals surface area contributed by atoms with Gasteiger partial charge in [-0.1, -0.05) is 6.07 Å². The molecular formula is C12H20N2S. The predicted octanol–water partition coefficient (Wildman–Crippen LogP) is 1.88. The van der Waals surface area contributed by atoms with E-state index in [0.29, 0.717) is 0 Å². The van der Waals surface area contributed by atoms with Crippen LogP contribution in [0, 0.1) is 5.92 Å². The number of nitrogens with one attached hydrogen (secondary N) is 2. The van der Waals surface area contributed by atoms with Gasteiger partial charge in [-0.15, -0.1) is 11.3 Å². The highest BCUT2D eigenvalue weighted by Gasteiger charge is 2.12. The van der Waals surface area contributed by atoms with Gasteiger partial charge >= 0.3 is 0 Å². The molecule has 3 heteroatoms. The molecule has 15 heavy (non-hydrogen) atoms. The maximum Gasteiger partial charge on any atom is 0.00578 e. The Morgan fingerprint density at radius 2 is 2.47 bits per heavy atom. The highest BCUT2D eigenvalue weighted by Crippen LogP contribution is 2.11. The molecule has 0 aromatic carbocycles. The first-order valence-electron chi connectivity index (χ1n) is 5.89. The van der Waals surface area contributed by atoms with Crippen molar-refractivity contribution in [1.82, 2.24) is 10.6 Å². The second kappa shape index (κ2) is 6.26. The Kier molecular flexibility index (Phi) is 4.64. The Hall–Kier alpha value is -0.380. The van der Waals surface area contributed by atoms with Gasteiger partial charge in [0.15, 0.2) is 0 Å². The first kappa shape index (κ1) is 11.1. The average molecular weight is 224 g/mol. The van der Waals surface area contributed by atoms with E-state index in [1.54, 1.807) is 0 Å². The molecule has 1 fully saturated rings. The van der Waals surface area contributed by atoms with E-state index in [-0.39, 0.29) is 0 Å². The van der Waals surface area contributed by atoms with Gasteiger partial charge in [0.1, 0.15) is 0 Å². The molecule has 2 rings (SSSR count). The maximum atomic E-state index is 3.53. The van der Waals surface area contributed by atoms with Gasteiger partial charge < -0.3 is 10.6 Å². The van der Waals surface area contributed by atoms with E-state index in [9.17, 15) is 0 Å². The summed E-state index contributed by atoms with van der Waals surface area (Å²) in [7, 11) is 0. The van der Waals surface area contributed by atoms with Crippen LogP contribution in [0.1, 0.15) is 17.7 Å². The molecule has 1 aromatic heterocycles. The van der Waals surface area contributed by atoms with Crippen LogP contribution in [-0.4, -0.2) is 26.2 Å². The molecule has 84 valence electrons. The smallest absolute Gasteiger partial charge is 0.00578 e. The van der Waals surface area contributed by atoms with Crippen LogP contribution in [0.5, 0.6) is 0 Å². The highest BCUT2D eigenvalue weighted by atomic mass is 32.1. The van der Waals surface area contributed by atoms with Gasteiger partial charge in [-0.25, -0.2) is 0 Å². The summed E-state index contributed by atoms with van der Waals surface area (Å²) in [6, 6.07) is 4.34. The van der Waals surface area contributed by atoms with E-state index in [4.69, 9.17) is 0 Å². The van der Waals surface area contributed by atoms with Gasteiger partial charge in [-0.05, 0) is 62.8 Å². The summed E-state index contributed by atoms with van der Waals surface area (Å²) in [6.45, 7) is 4.75. The van der Waals surface area contributed by atoms with Gasteiger partial charge in [0, 0.05) is 4.88 Å². The summed E-state index contributed by atoms with van der Waals surface area (Å²) in [5.41, 5.74) is 0. The number of hydrogen-bond acceptors (Lipinski definition) is 3. The van der Waals surface area contributed by atoms with Crippen LogP contribution in [0.25, 0.3) is 0 Å². The predicted molar refractivity (Wildman–Crippen MR) is 66.5 cm³/mol. The lowest BCUT2D eigenvalue weighted by molar-refractivity contribution is 0.502. The lowest BCUT2D eigenvalue weighted by atomic mass is 10.1. The zero-order valence-electron chi connectivity index (χ0n) is 9.17. The second-order valence-corrected chi connectivity index (χ2v) is 5.26. The molecule has 0 amide bonds. The summed E-state index contributed by atoms with van der Waals surface area (Å²) in [5, 5.41) is 9.09. The fourth-order valence-corrected chi connectivity index (χ4v) is 2.77. The van der Waals surface area contributed by atoms with Crippen molar-refractivity contribution < 1.29 is 0 Å². The fraction of sp³-hybridized carbons (Fsp3) is 0.667. The molecule has 1 aliphatic heterocycles. The lowest BCUT2D eigenvalue weighted by Crippen LogP contribution is -2.21. The second-order valence-electron chi connectivity index (χ2n) is 4.23. The van der Waals surface area contributed by atoms with Crippen LogP contribution in [0.4, 0.5) is 0 Å². The maximum absolute atomic E-state index is 3.53. The quantitative estimate of drug-likeness (QED) is 0.721. The summed E-state index contributed by atoms with van der Waals surface area (Å²) in [4.78, 5) is 1.49. The molecule has 2 nitrogen and oxygen atoms in total. The van der Waals surface area contributed by atoms with Crippen LogP contribution in [0.2, 0.25) is 0 Å². The topological polar surface area (TPSA) is 24.1 Å². The van der Waals surface area contributed by atoms with Gasteiger partial charge in [0.25, 0.3) is 0 Å². The Morgan fingerprint density at radius 3 is 3.20 bits per heavy atom. The molecule has 0 spiro atoms. The average Bonchev–Trinajstić information content (AvgIpc) is 2.88. The van der Waals surface area contributed by atoms with Crippen molar-refractivity contribution in [3.8, 4) is 0 Å². The minimum absolute atomic E-state index is 0.916. The van der Waals surface area contributed by atoms with Crippen molar-refractivity contribution in [2.24, 2.45) is 5.92 Å². The van der Waals surface area contributed by atoms with E-state index in [2.05, 4.69) is 28.1 Å². The van der Waals surface area contributed by atoms with Gasteiger partial charge in [0.2, 0.25) is 0 Å². The van der Waals surface area contributed by atoms with Crippen LogP contribution in [0.3, 0.4) is 0 Å². The van der Waals surface area contributed by atoms with Crippen molar-refractivity contribution >= 4 is 11.3 Å². The molecule has 1 aliphatic rings. The zero-order valence-corrected chi connectivity index (χ0v) is 9.98. The van der Waals surface area contributed by atoms with Crippen molar-refractivity contribution in [3.05, 3.63) is 22.4 Å². The summed E-state index contributed by atoms with van der Waals surface area (Å²) < 4.78 is 0. The highest BCUT2D eigenvalue weighted by molar-refractivity contribution is 7.09. The fourth-order valence-electron chi connectivity index (χ4n) is 2.06. The summed E-state index contributed by atoms with van der Waals surface area (Å²) in [5.74, 6) is 0.916. The molecule has 1 unspecified atom stereocenters. The third-order valence-electron chi connectivity index (χ3n) is 3.02. The molecule has 0 aliphatic carbocycles. The van der Waals surface area contributed by atoms with Crippen LogP contribution >= 0.6 is 11.3 Å². The SMILES string of the molecule is c1csc(CCNCCC2CCNC2)c1. The van der Waals surface area contributed by atoms with Crippen molar-refractivity contribution in [2.75, 3.05) is 26.2 Å². The molecule has 2 heterocycles. The van der Waals surface area contributed by atoms with E-state index < -0.39 is 0 Å². The Labute approximate surface area is 96.1 Å². The minimum atomic E-state index is 0.916. The lowest BCUT2D eigenvalue weighted by Gasteiger charge is -2.08. The Morgan fingerprint density at radius 1 is 1.47 bits per heavy atom. The normalized spacial score (nSPS) is 20.9. The molecule has 0 saturated carbocycles. The molecule has 0 bridgehead atoms. The Bertz CT molecular complexity index is 253. The van der Waals surface area contributed by atoms with E-state index in [1.165, 1.54) is 43.8 Å². The van der Waals surface area contributed by atoms with E-state index in [0.717, 1.165) is 12.5 Å². The summed E-state index contributed by atoms with van der Waals surface area (Å²) in [6.07, 6.45) is 3.88. The first-order chi connectivity index (χ1) is 7.45. The Balaban J connectivity index is 1.48. The van der Waals surface area contributed by atoms with Crippen LogP contribution in [-0.2, 0) is 6.42 Å². The molecular weight excluding hydrogens is 204 g/mol. The molecule has 1 aromatic rings. The van der Waals surface area contributed by atoms with Crippen molar-refractivity contribution in [1.29, 1.82) is 0 Å². The monoisotopic (exact) mass is 224 g/mol. The molecule has 0 radical (unpaired) electrons.